The Morgan fingerprint density at radius 2 is 2.03 bits per heavy atom. The quantitative estimate of drug-likeness (QED) is 0.447. The predicted molar refractivity (Wildman–Crippen MR) is 119 cm³/mol. The van der Waals surface area contributed by atoms with Gasteiger partial charge in [-0.15, -0.1) is 0 Å². The number of benzene rings is 2. The van der Waals surface area contributed by atoms with E-state index in [-0.39, 0.29) is 5.11 Å². The minimum Gasteiger partial charge on any atom is -0.495 e. The molecule has 7 nitrogen and oxygen atoms in total. The van der Waals surface area contributed by atoms with Crippen LogP contribution in [0.1, 0.15) is 10.4 Å². The Morgan fingerprint density at radius 1 is 1.17 bits per heavy atom. The van der Waals surface area contributed by atoms with Gasteiger partial charge in [0.05, 0.1) is 12.1 Å². The van der Waals surface area contributed by atoms with Crippen molar-refractivity contribution >= 4 is 51.8 Å². The van der Waals surface area contributed by atoms with Crippen molar-refractivity contribution in [2.45, 2.75) is 0 Å². The molecule has 2 aromatic carbocycles. The van der Waals surface area contributed by atoms with E-state index in [1.165, 1.54) is 13.2 Å². The molecule has 9 heteroatoms. The number of fused-ring (bicyclic) bond motifs is 1. The summed E-state index contributed by atoms with van der Waals surface area (Å²) in [7, 11) is 1.51. The molecule has 0 fully saturated rings. The number of pyridine rings is 1. The summed E-state index contributed by atoms with van der Waals surface area (Å²) in [5.74, 6) is 0.536. The summed E-state index contributed by atoms with van der Waals surface area (Å²) in [6.07, 6.45) is 1.66. The Hall–Kier alpha value is -3.49. The summed E-state index contributed by atoms with van der Waals surface area (Å²) < 4.78 is 10.8. The first-order chi connectivity index (χ1) is 14.5. The first kappa shape index (κ1) is 19.8. The molecule has 0 aliphatic carbocycles. The molecule has 0 saturated heterocycles. The van der Waals surface area contributed by atoms with Crippen LogP contribution < -0.4 is 15.4 Å². The van der Waals surface area contributed by atoms with E-state index in [4.69, 9.17) is 33.0 Å². The Balaban J connectivity index is 1.46. The maximum Gasteiger partial charge on any atom is 0.257 e. The van der Waals surface area contributed by atoms with Crippen molar-refractivity contribution in [3.8, 4) is 17.2 Å². The molecular formula is C21H15ClN4O3S. The van der Waals surface area contributed by atoms with Crippen LogP contribution in [0.25, 0.3) is 22.7 Å². The number of halogens is 1. The van der Waals surface area contributed by atoms with Crippen molar-refractivity contribution in [2.75, 3.05) is 12.4 Å². The number of thiocarbonyl (C=S) groups is 1. The van der Waals surface area contributed by atoms with Crippen molar-refractivity contribution in [1.82, 2.24) is 15.3 Å². The summed E-state index contributed by atoms with van der Waals surface area (Å²) in [6, 6.07) is 15.6. The van der Waals surface area contributed by atoms with Gasteiger partial charge in [-0.2, -0.15) is 4.98 Å². The van der Waals surface area contributed by atoms with E-state index in [9.17, 15) is 4.79 Å². The van der Waals surface area contributed by atoms with Crippen LogP contribution in [-0.2, 0) is 0 Å². The van der Waals surface area contributed by atoms with Crippen LogP contribution in [0.5, 0.6) is 5.75 Å². The second kappa shape index (κ2) is 8.48. The average Bonchev–Trinajstić information content (AvgIpc) is 3.18. The molecule has 0 aliphatic heterocycles. The zero-order chi connectivity index (χ0) is 21.1. The Morgan fingerprint density at radius 3 is 2.80 bits per heavy atom. The molecule has 30 heavy (non-hydrogen) atoms. The number of rotatable bonds is 4. The van der Waals surface area contributed by atoms with Crippen molar-refractivity contribution in [3.63, 3.8) is 0 Å². The fourth-order valence-electron chi connectivity index (χ4n) is 2.77. The molecule has 0 bridgehead atoms. The average molecular weight is 439 g/mol. The van der Waals surface area contributed by atoms with Crippen LogP contribution >= 0.6 is 23.8 Å². The number of amides is 1. The first-order valence-corrected chi connectivity index (χ1v) is 9.60. The summed E-state index contributed by atoms with van der Waals surface area (Å²) in [5.41, 5.74) is 2.91. The Kier molecular flexibility index (Phi) is 5.60. The van der Waals surface area contributed by atoms with E-state index >= 15 is 0 Å². The van der Waals surface area contributed by atoms with Crippen LogP contribution in [0.2, 0.25) is 5.02 Å². The molecule has 2 aromatic heterocycles. The normalized spacial score (nSPS) is 10.6. The zero-order valence-electron chi connectivity index (χ0n) is 15.7. The molecule has 0 atom stereocenters. The van der Waals surface area contributed by atoms with Crippen LogP contribution in [0.15, 0.2) is 65.2 Å². The molecular weight excluding hydrogens is 424 g/mol. The van der Waals surface area contributed by atoms with Gasteiger partial charge in [0.2, 0.25) is 5.89 Å². The molecule has 0 saturated carbocycles. The van der Waals surface area contributed by atoms with Gasteiger partial charge in [0.15, 0.2) is 16.3 Å². The van der Waals surface area contributed by atoms with E-state index in [1.807, 2.05) is 24.3 Å². The lowest BCUT2D eigenvalue weighted by molar-refractivity contribution is 0.0977. The summed E-state index contributed by atoms with van der Waals surface area (Å²) in [5, 5.41) is 6.08. The third kappa shape index (κ3) is 4.24. The topological polar surface area (TPSA) is 89.3 Å². The molecule has 2 heterocycles. The van der Waals surface area contributed by atoms with Gasteiger partial charge in [0.25, 0.3) is 5.91 Å². The fourth-order valence-corrected chi connectivity index (χ4v) is 3.24. The third-order valence-corrected chi connectivity index (χ3v) is 4.67. The van der Waals surface area contributed by atoms with Gasteiger partial charge >= 0.3 is 0 Å². The second-order valence-electron chi connectivity index (χ2n) is 6.18. The smallest absolute Gasteiger partial charge is 0.257 e. The highest BCUT2D eigenvalue weighted by molar-refractivity contribution is 7.80. The van der Waals surface area contributed by atoms with Gasteiger partial charge in [0, 0.05) is 23.0 Å². The van der Waals surface area contributed by atoms with Gasteiger partial charge < -0.3 is 14.5 Å². The van der Waals surface area contributed by atoms with E-state index in [0.29, 0.717) is 39.1 Å². The highest BCUT2D eigenvalue weighted by Gasteiger charge is 2.12. The first-order valence-electron chi connectivity index (χ1n) is 8.81. The molecule has 0 unspecified atom stereocenters. The Bertz CT molecular complexity index is 1220. The van der Waals surface area contributed by atoms with Crippen molar-refractivity contribution in [3.05, 3.63) is 71.4 Å². The lowest BCUT2D eigenvalue weighted by Gasteiger charge is -2.11. The number of ether oxygens (including phenoxy) is 1. The summed E-state index contributed by atoms with van der Waals surface area (Å²) >= 11 is 11.3. The largest absolute Gasteiger partial charge is 0.495 e. The number of anilines is 1. The summed E-state index contributed by atoms with van der Waals surface area (Å²) in [6.45, 7) is 0. The van der Waals surface area contributed by atoms with E-state index < -0.39 is 5.91 Å². The van der Waals surface area contributed by atoms with E-state index in [0.717, 1.165) is 5.56 Å². The monoisotopic (exact) mass is 438 g/mol. The Labute approximate surface area is 182 Å². The minimum atomic E-state index is -0.391. The maximum absolute atomic E-state index is 12.4. The summed E-state index contributed by atoms with van der Waals surface area (Å²) in [4.78, 5) is 21.0. The number of oxazole rings is 1. The number of hydrogen-bond acceptors (Lipinski definition) is 6. The highest BCUT2D eigenvalue weighted by atomic mass is 35.5. The number of nitrogens with one attached hydrogen (secondary N) is 2. The minimum absolute atomic E-state index is 0.142. The molecule has 1 amide bonds. The standard InChI is InChI=1S/C21H15ClN4O3S/c1-28-16-8-7-12(11-15(16)22)19(27)26-21(30)24-14-5-2-4-13(10-14)20-25-18-17(29-20)6-3-9-23-18/h2-11H,1H3,(H2,24,26,27,30). The second-order valence-corrected chi connectivity index (χ2v) is 7.00. The number of nitrogens with zero attached hydrogens (tertiary/aromatic N) is 2. The molecule has 2 N–H and O–H groups in total. The molecule has 4 aromatic rings. The van der Waals surface area contributed by atoms with Crippen molar-refractivity contribution in [2.24, 2.45) is 0 Å². The molecule has 0 radical (unpaired) electrons. The van der Waals surface area contributed by atoms with E-state index in [1.54, 1.807) is 30.5 Å². The molecule has 0 aliphatic rings. The molecule has 150 valence electrons. The fraction of sp³-hybridized carbons (Fsp3) is 0.0476. The SMILES string of the molecule is COc1ccc(C(=O)NC(=S)Nc2cccc(-c3nc4ncccc4o3)c2)cc1Cl. The maximum atomic E-state index is 12.4. The van der Waals surface area contributed by atoms with Crippen LogP contribution in [0, 0.1) is 0 Å². The number of methoxy groups -OCH3 is 1. The van der Waals surface area contributed by atoms with Gasteiger partial charge in [-0.3, -0.25) is 10.1 Å². The van der Waals surface area contributed by atoms with Crippen molar-refractivity contribution < 1.29 is 13.9 Å². The number of hydrogen-bond donors (Lipinski definition) is 2. The van der Waals surface area contributed by atoms with E-state index in [2.05, 4.69) is 20.6 Å². The molecule has 4 rings (SSSR count). The number of carbonyl (C=O) groups is 1. The highest BCUT2D eigenvalue weighted by Crippen LogP contribution is 2.26. The van der Waals surface area contributed by atoms with Crippen LogP contribution in [-0.4, -0.2) is 28.1 Å². The lowest BCUT2D eigenvalue weighted by atomic mass is 10.2. The van der Waals surface area contributed by atoms with Crippen LogP contribution in [0.3, 0.4) is 0 Å². The van der Waals surface area contributed by atoms with Crippen molar-refractivity contribution in [1.29, 1.82) is 0 Å². The predicted octanol–water partition coefficient (Wildman–Crippen LogP) is 4.68. The number of aromatic nitrogens is 2. The molecule has 0 spiro atoms. The van der Waals surface area contributed by atoms with Gasteiger partial charge in [0.1, 0.15) is 5.75 Å². The number of carbonyl (C=O) groups excluding carboxylic acids is 1. The van der Waals surface area contributed by atoms with Gasteiger partial charge in [-0.1, -0.05) is 17.7 Å². The van der Waals surface area contributed by atoms with Gasteiger partial charge in [-0.05, 0) is 60.7 Å². The van der Waals surface area contributed by atoms with Crippen LogP contribution in [0.4, 0.5) is 5.69 Å². The van der Waals surface area contributed by atoms with Gasteiger partial charge in [-0.25, -0.2) is 4.98 Å². The lowest BCUT2D eigenvalue weighted by Crippen LogP contribution is -2.34. The zero-order valence-corrected chi connectivity index (χ0v) is 17.3. The third-order valence-electron chi connectivity index (χ3n) is 4.17.